The van der Waals surface area contributed by atoms with Crippen molar-refractivity contribution in [1.29, 1.82) is 0 Å². The lowest BCUT2D eigenvalue weighted by Gasteiger charge is -2.19. The Morgan fingerprint density at radius 2 is 1.75 bits per heavy atom. The summed E-state index contributed by atoms with van der Waals surface area (Å²) >= 11 is 0. The standard InChI is InChI=1S/C17H20N2O/c1-12-4-9-16(13(2)10-12)17(20)19(3)11-14-5-7-15(18)8-6-14/h4-10H,11,18H2,1-3H3. The van der Waals surface area contributed by atoms with Crippen molar-refractivity contribution in [2.24, 2.45) is 0 Å². The number of hydrogen-bond acceptors (Lipinski definition) is 2. The highest BCUT2D eigenvalue weighted by atomic mass is 16.2. The maximum absolute atomic E-state index is 12.4. The van der Waals surface area contributed by atoms with E-state index < -0.39 is 0 Å². The average molecular weight is 268 g/mol. The largest absolute Gasteiger partial charge is 0.399 e. The van der Waals surface area contributed by atoms with Crippen LogP contribution in [0.5, 0.6) is 0 Å². The molecule has 0 unspecified atom stereocenters. The molecule has 3 heteroatoms. The Bertz CT molecular complexity index is 617. The molecule has 0 radical (unpaired) electrons. The summed E-state index contributed by atoms with van der Waals surface area (Å²) in [5.74, 6) is 0.0410. The van der Waals surface area contributed by atoms with Crippen molar-refractivity contribution in [3.63, 3.8) is 0 Å². The van der Waals surface area contributed by atoms with Crippen LogP contribution in [0.2, 0.25) is 0 Å². The fraction of sp³-hybridized carbons (Fsp3) is 0.235. The van der Waals surface area contributed by atoms with Crippen LogP contribution in [0.15, 0.2) is 42.5 Å². The molecule has 0 aliphatic heterocycles. The molecular formula is C17H20N2O. The molecule has 0 aliphatic carbocycles. The van der Waals surface area contributed by atoms with Gasteiger partial charge in [0.25, 0.3) is 5.91 Å². The minimum Gasteiger partial charge on any atom is -0.399 e. The molecule has 0 saturated carbocycles. The van der Waals surface area contributed by atoms with Gasteiger partial charge >= 0.3 is 0 Å². The Morgan fingerprint density at radius 3 is 2.35 bits per heavy atom. The van der Waals surface area contributed by atoms with E-state index in [1.54, 1.807) is 4.90 Å². The minimum absolute atomic E-state index is 0.0410. The molecule has 2 N–H and O–H groups in total. The van der Waals surface area contributed by atoms with E-state index in [4.69, 9.17) is 5.73 Å². The molecule has 2 aromatic carbocycles. The number of aryl methyl sites for hydroxylation is 2. The summed E-state index contributed by atoms with van der Waals surface area (Å²) in [5.41, 5.74) is 10.4. The summed E-state index contributed by atoms with van der Waals surface area (Å²) < 4.78 is 0. The Morgan fingerprint density at radius 1 is 1.10 bits per heavy atom. The van der Waals surface area contributed by atoms with Crippen LogP contribution in [0.1, 0.15) is 27.0 Å². The van der Waals surface area contributed by atoms with Crippen LogP contribution in [0.3, 0.4) is 0 Å². The molecule has 1 amide bonds. The number of hydrogen-bond donors (Lipinski definition) is 1. The molecular weight excluding hydrogens is 248 g/mol. The van der Waals surface area contributed by atoms with Gasteiger partial charge in [0.1, 0.15) is 0 Å². The third-order valence-corrected chi connectivity index (χ3v) is 3.36. The number of nitrogens with zero attached hydrogens (tertiary/aromatic N) is 1. The van der Waals surface area contributed by atoms with Crippen molar-refractivity contribution in [2.75, 3.05) is 12.8 Å². The van der Waals surface area contributed by atoms with Crippen molar-refractivity contribution in [1.82, 2.24) is 4.90 Å². The van der Waals surface area contributed by atoms with E-state index >= 15 is 0 Å². The Balaban J connectivity index is 2.14. The Kier molecular flexibility index (Phi) is 4.08. The lowest BCUT2D eigenvalue weighted by molar-refractivity contribution is 0.0784. The van der Waals surface area contributed by atoms with Crippen molar-refractivity contribution in [3.05, 3.63) is 64.7 Å². The zero-order valence-electron chi connectivity index (χ0n) is 12.2. The van der Waals surface area contributed by atoms with E-state index in [9.17, 15) is 4.79 Å². The average Bonchev–Trinajstić information content (AvgIpc) is 2.40. The number of amides is 1. The van der Waals surface area contributed by atoms with Crippen molar-refractivity contribution in [3.8, 4) is 0 Å². The number of benzene rings is 2. The second-order valence-corrected chi connectivity index (χ2v) is 5.22. The maximum atomic E-state index is 12.4. The Labute approximate surface area is 120 Å². The summed E-state index contributed by atoms with van der Waals surface area (Å²) in [7, 11) is 1.82. The van der Waals surface area contributed by atoms with Crippen LogP contribution in [-0.4, -0.2) is 17.9 Å². The molecule has 0 fully saturated rings. The van der Waals surface area contributed by atoms with Crippen LogP contribution in [0.4, 0.5) is 5.69 Å². The highest BCUT2D eigenvalue weighted by molar-refractivity contribution is 5.95. The summed E-state index contributed by atoms with van der Waals surface area (Å²) in [5, 5.41) is 0. The zero-order chi connectivity index (χ0) is 14.7. The van der Waals surface area contributed by atoms with Crippen molar-refractivity contribution < 1.29 is 4.79 Å². The molecule has 0 aliphatic rings. The van der Waals surface area contributed by atoms with Gasteiger partial charge in [-0.05, 0) is 43.2 Å². The van der Waals surface area contributed by atoms with Gasteiger partial charge in [0.2, 0.25) is 0 Å². The van der Waals surface area contributed by atoms with Gasteiger partial charge in [0.15, 0.2) is 0 Å². The van der Waals surface area contributed by atoms with E-state index in [-0.39, 0.29) is 5.91 Å². The van der Waals surface area contributed by atoms with Crippen LogP contribution >= 0.6 is 0 Å². The van der Waals surface area contributed by atoms with Gasteiger partial charge in [0.05, 0.1) is 0 Å². The first-order valence-corrected chi connectivity index (χ1v) is 6.64. The van der Waals surface area contributed by atoms with Crippen molar-refractivity contribution >= 4 is 11.6 Å². The number of carbonyl (C=O) groups excluding carboxylic acids is 1. The van der Waals surface area contributed by atoms with Gasteiger partial charge in [-0.15, -0.1) is 0 Å². The summed E-state index contributed by atoms with van der Waals surface area (Å²) in [6.45, 7) is 4.57. The predicted octanol–water partition coefficient (Wildman–Crippen LogP) is 3.16. The highest BCUT2D eigenvalue weighted by Crippen LogP contribution is 2.15. The first-order chi connectivity index (χ1) is 9.47. The second kappa shape index (κ2) is 5.78. The van der Waals surface area contributed by atoms with Crippen LogP contribution < -0.4 is 5.73 Å². The molecule has 104 valence electrons. The first-order valence-electron chi connectivity index (χ1n) is 6.64. The van der Waals surface area contributed by atoms with Crippen LogP contribution in [-0.2, 0) is 6.54 Å². The number of nitrogens with two attached hydrogens (primary N) is 1. The summed E-state index contributed by atoms with van der Waals surface area (Å²) in [6.07, 6.45) is 0. The molecule has 0 bridgehead atoms. The maximum Gasteiger partial charge on any atom is 0.254 e. The van der Waals surface area contributed by atoms with Crippen LogP contribution in [0.25, 0.3) is 0 Å². The van der Waals surface area contributed by atoms with Gasteiger partial charge < -0.3 is 10.6 Å². The highest BCUT2D eigenvalue weighted by Gasteiger charge is 2.14. The van der Waals surface area contributed by atoms with E-state index in [1.807, 2.05) is 63.4 Å². The monoisotopic (exact) mass is 268 g/mol. The Hall–Kier alpha value is -2.29. The number of carbonyl (C=O) groups is 1. The SMILES string of the molecule is Cc1ccc(C(=O)N(C)Cc2ccc(N)cc2)c(C)c1. The third-order valence-electron chi connectivity index (χ3n) is 3.36. The van der Waals surface area contributed by atoms with E-state index in [1.165, 1.54) is 5.56 Å². The number of nitrogen functional groups attached to an aromatic ring is 1. The molecule has 0 saturated heterocycles. The molecule has 0 spiro atoms. The van der Waals surface area contributed by atoms with Gasteiger partial charge in [-0.3, -0.25) is 4.79 Å². The smallest absolute Gasteiger partial charge is 0.254 e. The fourth-order valence-electron chi connectivity index (χ4n) is 2.23. The number of anilines is 1. The van der Waals surface area contributed by atoms with Gasteiger partial charge in [0, 0.05) is 24.8 Å². The summed E-state index contributed by atoms with van der Waals surface area (Å²) in [4.78, 5) is 14.2. The molecule has 0 atom stereocenters. The van der Waals surface area contributed by atoms with Gasteiger partial charge in [-0.1, -0.05) is 29.8 Å². The predicted molar refractivity (Wildman–Crippen MR) is 82.6 cm³/mol. The van der Waals surface area contributed by atoms with Gasteiger partial charge in [-0.2, -0.15) is 0 Å². The lowest BCUT2D eigenvalue weighted by atomic mass is 10.0. The molecule has 0 heterocycles. The minimum atomic E-state index is 0.0410. The summed E-state index contributed by atoms with van der Waals surface area (Å²) in [6, 6.07) is 13.5. The van der Waals surface area contributed by atoms with E-state index in [0.29, 0.717) is 6.54 Å². The van der Waals surface area contributed by atoms with Crippen LogP contribution in [0, 0.1) is 13.8 Å². The molecule has 0 aromatic heterocycles. The second-order valence-electron chi connectivity index (χ2n) is 5.22. The van der Waals surface area contributed by atoms with Gasteiger partial charge in [-0.25, -0.2) is 0 Å². The molecule has 3 nitrogen and oxygen atoms in total. The van der Waals surface area contributed by atoms with E-state index in [2.05, 4.69) is 0 Å². The first kappa shape index (κ1) is 14.1. The third kappa shape index (κ3) is 3.18. The molecule has 2 aromatic rings. The molecule has 20 heavy (non-hydrogen) atoms. The topological polar surface area (TPSA) is 46.3 Å². The number of rotatable bonds is 3. The van der Waals surface area contributed by atoms with E-state index in [0.717, 1.165) is 22.4 Å². The zero-order valence-corrected chi connectivity index (χ0v) is 12.2. The lowest BCUT2D eigenvalue weighted by Crippen LogP contribution is -2.26. The quantitative estimate of drug-likeness (QED) is 0.869. The fourth-order valence-corrected chi connectivity index (χ4v) is 2.23. The normalized spacial score (nSPS) is 10.3. The molecule has 2 rings (SSSR count). The van der Waals surface area contributed by atoms with Crippen molar-refractivity contribution in [2.45, 2.75) is 20.4 Å².